The van der Waals surface area contributed by atoms with Crippen molar-refractivity contribution in [2.24, 2.45) is 5.92 Å². The SMILES string of the molecule is CC(C)(C)OC(=O)NCOC(=O)C1CC1. The maximum atomic E-state index is 11.1. The lowest BCUT2D eigenvalue weighted by Gasteiger charge is -2.19. The lowest BCUT2D eigenvalue weighted by molar-refractivity contribution is -0.145. The van der Waals surface area contributed by atoms with Crippen molar-refractivity contribution < 1.29 is 19.1 Å². The summed E-state index contributed by atoms with van der Waals surface area (Å²) in [6.45, 7) is 5.18. The molecule has 1 rings (SSSR count). The van der Waals surface area contributed by atoms with E-state index in [1.807, 2.05) is 0 Å². The molecule has 0 aromatic rings. The van der Waals surface area contributed by atoms with Gasteiger partial charge in [-0.1, -0.05) is 0 Å². The Labute approximate surface area is 89.1 Å². The van der Waals surface area contributed by atoms with Gasteiger partial charge in [0, 0.05) is 0 Å². The monoisotopic (exact) mass is 215 g/mol. The highest BCUT2D eigenvalue weighted by molar-refractivity contribution is 5.75. The quantitative estimate of drug-likeness (QED) is 0.571. The summed E-state index contributed by atoms with van der Waals surface area (Å²) in [4.78, 5) is 22.2. The first kappa shape index (κ1) is 11.8. The molecular formula is C10H17NO4. The molecule has 1 saturated carbocycles. The van der Waals surface area contributed by atoms with Crippen LogP contribution in [0.2, 0.25) is 0 Å². The Morgan fingerprint density at radius 1 is 1.33 bits per heavy atom. The van der Waals surface area contributed by atoms with Crippen LogP contribution in [0.25, 0.3) is 0 Å². The summed E-state index contributed by atoms with van der Waals surface area (Å²) in [7, 11) is 0. The molecule has 1 aliphatic carbocycles. The first-order chi connectivity index (χ1) is 6.88. The number of carbonyl (C=O) groups is 2. The molecule has 0 spiro atoms. The maximum absolute atomic E-state index is 11.1. The molecule has 0 heterocycles. The Bertz CT molecular complexity index is 253. The van der Waals surface area contributed by atoms with Crippen molar-refractivity contribution in [1.29, 1.82) is 0 Å². The summed E-state index contributed by atoms with van der Waals surface area (Å²) >= 11 is 0. The van der Waals surface area contributed by atoms with E-state index in [-0.39, 0.29) is 18.6 Å². The number of nitrogens with one attached hydrogen (secondary N) is 1. The lowest BCUT2D eigenvalue weighted by atomic mass is 10.2. The van der Waals surface area contributed by atoms with Gasteiger partial charge in [-0.25, -0.2) is 4.79 Å². The van der Waals surface area contributed by atoms with E-state index in [1.54, 1.807) is 20.8 Å². The third-order valence-electron chi connectivity index (χ3n) is 1.74. The summed E-state index contributed by atoms with van der Waals surface area (Å²) in [5.41, 5.74) is -0.537. The van der Waals surface area contributed by atoms with Gasteiger partial charge in [0.1, 0.15) is 5.60 Å². The number of esters is 1. The zero-order chi connectivity index (χ0) is 11.5. The summed E-state index contributed by atoms with van der Waals surface area (Å²) in [6, 6.07) is 0. The highest BCUT2D eigenvalue weighted by Crippen LogP contribution is 2.29. The topological polar surface area (TPSA) is 64.6 Å². The van der Waals surface area contributed by atoms with E-state index in [9.17, 15) is 9.59 Å². The summed E-state index contributed by atoms with van der Waals surface area (Å²) in [5, 5.41) is 2.35. The summed E-state index contributed by atoms with van der Waals surface area (Å²) in [5.74, 6) is -0.198. The second kappa shape index (κ2) is 4.51. The van der Waals surface area contributed by atoms with E-state index < -0.39 is 11.7 Å². The summed E-state index contributed by atoms with van der Waals surface area (Å²) in [6.07, 6.45) is 1.21. The minimum Gasteiger partial charge on any atom is -0.444 e. The molecule has 86 valence electrons. The number of amides is 1. The molecule has 0 aromatic heterocycles. The van der Waals surface area contributed by atoms with Gasteiger partial charge in [0.05, 0.1) is 5.92 Å². The van der Waals surface area contributed by atoms with Gasteiger partial charge in [0.25, 0.3) is 0 Å². The average Bonchev–Trinajstić information content (AvgIpc) is 2.81. The van der Waals surface area contributed by atoms with Crippen LogP contribution in [0.5, 0.6) is 0 Å². The second-order valence-corrected chi connectivity index (χ2v) is 4.56. The Hall–Kier alpha value is -1.26. The van der Waals surface area contributed by atoms with Crippen LogP contribution in [0, 0.1) is 5.92 Å². The fourth-order valence-electron chi connectivity index (χ4n) is 0.917. The van der Waals surface area contributed by atoms with Crippen molar-refractivity contribution in [3.8, 4) is 0 Å². The highest BCUT2D eigenvalue weighted by atomic mass is 16.6. The number of hydrogen-bond donors (Lipinski definition) is 1. The van der Waals surface area contributed by atoms with Crippen LogP contribution in [0.3, 0.4) is 0 Å². The minimum absolute atomic E-state index is 0.0467. The third kappa shape index (κ3) is 5.24. The molecule has 5 nitrogen and oxygen atoms in total. The predicted molar refractivity (Wildman–Crippen MR) is 53.1 cm³/mol. The number of rotatable bonds is 3. The average molecular weight is 215 g/mol. The second-order valence-electron chi connectivity index (χ2n) is 4.56. The third-order valence-corrected chi connectivity index (χ3v) is 1.74. The van der Waals surface area contributed by atoms with Crippen LogP contribution in [0.1, 0.15) is 33.6 Å². The van der Waals surface area contributed by atoms with Crippen molar-refractivity contribution >= 4 is 12.1 Å². The van der Waals surface area contributed by atoms with E-state index in [0.717, 1.165) is 12.8 Å². The van der Waals surface area contributed by atoms with Crippen LogP contribution >= 0.6 is 0 Å². The normalized spacial score (nSPS) is 15.7. The van der Waals surface area contributed by atoms with Gasteiger partial charge < -0.3 is 9.47 Å². The van der Waals surface area contributed by atoms with E-state index in [2.05, 4.69) is 5.32 Å². The van der Waals surface area contributed by atoms with E-state index in [4.69, 9.17) is 9.47 Å². The van der Waals surface area contributed by atoms with Crippen molar-refractivity contribution in [2.45, 2.75) is 39.2 Å². The van der Waals surface area contributed by atoms with Crippen molar-refractivity contribution in [2.75, 3.05) is 6.73 Å². The van der Waals surface area contributed by atoms with Gasteiger partial charge >= 0.3 is 12.1 Å². The minimum atomic E-state index is -0.578. The van der Waals surface area contributed by atoms with Crippen LogP contribution < -0.4 is 5.32 Å². The molecule has 1 amide bonds. The highest BCUT2D eigenvalue weighted by Gasteiger charge is 2.31. The fraction of sp³-hybridized carbons (Fsp3) is 0.800. The van der Waals surface area contributed by atoms with Crippen LogP contribution in [-0.2, 0) is 14.3 Å². The van der Waals surface area contributed by atoms with E-state index >= 15 is 0 Å². The first-order valence-corrected chi connectivity index (χ1v) is 5.02. The maximum Gasteiger partial charge on any atom is 0.410 e. The van der Waals surface area contributed by atoms with Crippen molar-refractivity contribution in [1.82, 2.24) is 5.32 Å². The molecule has 15 heavy (non-hydrogen) atoms. The Morgan fingerprint density at radius 3 is 2.40 bits per heavy atom. The number of ether oxygens (including phenoxy) is 2. The van der Waals surface area contributed by atoms with E-state index in [1.165, 1.54) is 0 Å². The fourth-order valence-corrected chi connectivity index (χ4v) is 0.917. The molecule has 0 aromatic carbocycles. The number of hydrogen-bond acceptors (Lipinski definition) is 4. The van der Waals surface area contributed by atoms with Crippen molar-refractivity contribution in [3.63, 3.8) is 0 Å². The number of carbonyl (C=O) groups excluding carboxylic acids is 2. The molecule has 1 aliphatic rings. The van der Waals surface area contributed by atoms with E-state index in [0.29, 0.717) is 0 Å². The van der Waals surface area contributed by atoms with Gasteiger partial charge in [-0.2, -0.15) is 0 Å². The lowest BCUT2D eigenvalue weighted by Crippen LogP contribution is -2.34. The molecule has 0 bridgehead atoms. The van der Waals surface area contributed by atoms with Gasteiger partial charge in [0.2, 0.25) is 0 Å². The molecular weight excluding hydrogens is 198 g/mol. The molecule has 5 heteroatoms. The van der Waals surface area contributed by atoms with Gasteiger partial charge in [-0.05, 0) is 33.6 Å². The van der Waals surface area contributed by atoms with Crippen LogP contribution in [0.4, 0.5) is 4.79 Å². The molecule has 0 aliphatic heterocycles. The largest absolute Gasteiger partial charge is 0.444 e. The van der Waals surface area contributed by atoms with Gasteiger partial charge in [0.15, 0.2) is 6.73 Å². The first-order valence-electron chi connectivity index (χ1n) is 5.02. The molecule has 0 saturated heterocycles. The molecule has 0 atom stereocenters. The van der Waals surface area contributed by atoms with Gasteiger partial charge in [-0.15, -0.1) is 0 Å². The predicted octanol–water partition coefficient (Wildman–Crippen LogP) is 1.42. The standard InChI is InChI=1S/C10H17NO4/c1-10(2,3)15-9(13)11-6-14-8(12)7-4-5-7/h7H,4-6H2,1-3H3,(H,11,13). The zero-order valence-electron chi connectivity index (χ0n) is 9.33. The van der Waals surface area contributed by atoms with Crippen LogP contribution in [0.15, 0.2) is 0 Å². The summed E-state index contributed by atoms with van der Waals surface area (Å²) < 4.78 is 9.75. The number of alkyl carbamates (subject to hydrolysis) is 1. The van der Waals surface area contributed by atoms with Crippen LogP contribution in [-0.4, -0.2) is 24.4 Å². The molecule has 1 fully saturated rings. The Balaban J connectivity index is 2.08. The van der Waals surface area contributed by atoms with Crippen molar-refractivity contribution in [3.05, 3.63) is 0 Å². The molecule has 0 radical (unpaired) electrons. The molecule has 0 unspecified atom stereocenters. The zero-order valence-corrected chi connectivity index (χ0v) is 9.33. The Morgan fingerprint density at radius 2 is 1.93 bits per heavy atom. The van der Waals surface area contributed by atoms with Gasteiger partial charge in [-0.3, -0.25) is 10.1 Å². The molecule has 1 N–H and O–H groups in total. The Kier molecular flexibility index (Phi) is 3.55. The smallest absolute Gasteiger partial charge is 0.410 e.